The number of ether oxygens (including phenoxy) is 1. The molecule has 3 rings (SSSR count). The van der Waals surface area contributed by atoms with Crippen LogP contribution >= 0.6 is 23.2 Å². The monoisotopic (exact) mass is 405 g/mol. The van der Waals surface area contributed by atoms with Crippen LogP contribution in [0.1, 0.15) is 11.4 Å². The largest absolute Gasteiger partial charge is 0.497 e. The number of pyridine rings is 1. The third-order valence-corrected chi connectivity index (χ3v) is 4.19. The van der Waals surface area contributed by atoms with Crippen LogP contribution in [0.15, 0.2) is 30.5 Å². The number of hydrogen-bond donors (Lipinski definition) is 0. The van der Waals surface area contributed by atoms with Crippen LogP contribution in [0.2, 0.25) is 5.15 Å². The number of nitrogens with zero attached hydrogens (tertiary/aromatic N) is 3. The zero-order valence-corrected chi connectivity index (χ0v) is 15.7. The van der Waals surface area contributed by atoms with Gasteiger partial charge in [-0.25, -0.2) is 13.8 Å². The molecule has 0 aliphatic carbocycles. The van der Waals surface area contributed by atoms with Crippen LogP contribution in [0.25, 0.3) is 22.3 Å². The van der Waals surface area contributed by atoms with Crippen molar-refractivity contribution in [3.05, 3.63) is 58.6 Å². The van der Waals surface area contributed by atoms with Crippen LogP contribution in [-0.4, -0.2) is 22.3 Å². The van der Waals surface area contributed by atoms with Gasteiger partial charge >= 0.3 is 0 Å². The maximum absolute atomic E-state index is 14.7. The molecule has 2 aromatic heterocycles. The molecule has 0 amide bonds. The quantitative estimate of drug-likeness (QED) is 0.575. The second-order valence-corrected chi connectivity index (χ2v) is 5.99. The van der Waals surface area contributed by atoms with Crippen LogP contribution in [0, 0.1) is 29.9 Å². The summed E-state index contributed by atoms with van der Waals surface area (Å²) in [6.45, 7) is 1.66. The van der Waals surface area contributed by atoms with Gasteiger partial charge in [-0.3, -0.25) is 0 Å². The fraction of sp³-hybridized carbons (Fsp3) is 0.105. The molecule has 0 aliphatic rings. The van der Waals surface area contributed by atoms with Crippen LogP contribution in [0.3, 0.4) is 0 Å². The van der Waals surface area contributed by atoms with Crippen molar-refractivity contribution in [1.82, 2.24) is 15.2 Å². The van der Waals surface area contributed by atoms with Crippen molar-refractivity contribution < 1.29 is 13.5 Å². The first-order valence-electron chi connectivity index (χ1n) is 7.60. The number of hydrogen-bond acceptors (Lipinski definition) is 4. The summed E-state index contributed by atoms with van der Waals surface area (Å²) in [6.07, 6.45) is 1.50. The summed E-state index contributed by atoms with van der Waals surface area (Å²) in [7, 11) is 1.32. The first-order valence-corrected chi connectivity index (χ1v) is 8.36. The third kappa shape index (κ3) is 3.70. The fourth-order valence-electron chi connectivity index (χ4n) is 2.65. The molecule has 136 valence electrons. The van der Waals surface area contributed by atoms with Gasteiger partial charge < -0.3 is 4.74 Å². The topological polar surface area (TPSA) is 47.9 Å². The summed E-state index contributed by atoms with van der Waals surface area (Å²) in [6, 6.07) is 5.47. The highest BCUT2D eigenvalue weighted by Gasteiger charge is 2.23. The van der Waals surface area contributed by atoms with E-state index in [0.717, 1.165) is 12.1 Å². The Morgan fingerprint density at radius 2 is 1.74 bits per heavy atom. The van der Waals surface area contributed by atoms with E-state index in [4.69, 9.17) is 27.9 Å². The molecule has 4 nitrogen and oxygen atoms in total. The standard InChI is InChI=1S/C19H11Cl2F2N3O/c1-10-16(11-3-4-12(5-6-20)24-9-11)18(19(21)26-25-10)17-14(22)7-13(27-2)8-15(17)23/h3-4,7-9H,1-2H3. The van der Waals surface area contributed by atoms with Crippen LogP contribution in [0.5, 0.6) is 5.75 Å². The predicted molar refractivity (Wildman–Crippen MR) is 99.6 cm³/mol. The summed E-state index contributed by atoms with van der Waals surface area (Å²) in [5.41, 5.74) is 1.60. The lowest BCUT2D eigenvalue weighted by atomic mass is 9.95. The van der Waals surface area contributed by atoms with Crippen molar-refractivity contribution in [3.8, 4) is 39.3 Å². The molecule has 27 heavy (non-hydrogen) atoms. The lowest BCUT2D eigenvalue weighted by molar-refractivity contribution is 0.407. The smallest absolute Gasteiger partial charge is 0.160 e. The molecule has 2 heterocycles. The molecule has 1 aromatic carbocycles. The molecule has 0 radical (unpaired) electrons. The molecule has 0 unspecified atom stereocenters. The van der Waals surface area contributed by atoms with Crippen LogP contribution < -0.4 is 4.74 Å². The Kier molecular flexibility index (Phi) is 5.54. The molecular formula is C19H11Cl2F2N3O. The number of benzene rings is 1. The summed E-state index contributed by atoms with van der Waals surface area (Å²) >= 11 is 11.6. The normalized spacial score (nSPS) is 10.3. The molecule has 0 spiro atoms. The summed E-state index contributed by atoms with van der Waals surface area (Å²) in [4.78, 5) is 4.17. The zero-order chi connectivity index (χ0) is 19.6. The lowest BCUT2D eigenvalue weighted by Crippen LogP contribution is -2.01. The molecule has 8 heteroatoms. The molecule has 0 bridgehead atoms. The molecule has 0 atom stereocenters. The molecule has 0 N–H and O–H groups in total. The van der Waals surface area contributed by atoms with E-state index in [2.05, 4.69) is 26.5 Å². The minimum Gasteiger partial charge on any atom is -0.497 e. The SMILES string of the molecule is COc1cc(F)c(-c2c(Cl)nnc(C)c2-c2ccc(C#CCl)nc2)c(F)c1. The number of methoxy groups -OCH3 is 1. The van der Waals surface area contributed by atoms with Crippen molar-refractivity contribution in [3.63, 3.8) is 0 Å². The highest BCUT2D eigenvalue weighted by atomic mass is 35.5. The van der Waals surface area contributed by atoms with Crippen molar-refractivity contribution in [1.29, 1.82) is 0 Å². The Bertz CT molecular complexity index is 1050. The van der Waals surface area contributed by atoms with Gasteiger partial charge in [-0.2, -0.15) is 5.10 Å². The Balaban J connectivity index is 2.29. The van der Waals surface area contributed by atoms with E-state index < -0.39 is 11.6 Å². The first-order chi connectivity index (χ1) is 13.0. The zero-order valence-electron chi connectivity index (χ0n) is 14.1. The second-order valence-electron chi connectivity index (χ2n) is 5.44. The average Bonchev–Trinajstić information content (AvgIpc) is 2.65. The summed E-state index contributed by atoms with van der Waals surface area (Å²) < 4.78 is 34.3. The molecular weight excluding hydrogens is 395 g/mol. The van der Waals surface area contributed by atoms with Gasteiger partial charge in [-0.1, -0.05) is 11.6 Å². The Hall–Kier alpha value is -2.75. The average molecular weight is 406 g/mol. The highest BCUT2D eigenvalue weighted by molar-refractivity contribution is 6.32. The summed E-state index contributed by atoms with van der Waals surface area (Å²) in [5.74, 6) is 0.991. The van der Waals surface area contributed by atoms with Gasteiger partial charge in [0.25, 0.3) is 0 Å². The molecule has 0 aliphatic heterocycles. The van der Waals surface area contributed by atoms with Gasteiger partial charge in [0.15, 0.2) is 5.15 Å². The van der Waals surface area contributed by atoms with Crippen molar-refractivity contribution in [2.45, 2.75) is 6.92 Å². The van der Waals surface area contributed by atoms with Crippen LogP contribution in [-0.2, 0) is 0 Å². The van der Waals surface area contributed by atoms with E-state index in [1.54, 1.807) is 19.1 Å². The number of aromatic nitrogens is 3. The van der Waals surface area contributed by atoms with Crippen molar-refractivity contribution in [2.75, 3.05) is 7.11 Å². The number of halogens is 4. The number of rotatable bonds is 3. The van der Waals surface area contributed by atoms with E-state index in [-0.39, 0.29) is 22.0 Å². The summed E-state index contributed by atoms with van der Waals surface area (Å²) in [5, 5.41) is 9.86. The van der Waals surface area contributed by atoms with Gasteiger partial charge in [0.1, 0.15) is 23.1 Å². The predicted octanol–water partition coefficient (Wildman–Crippen LogP) is 5.00. The minimum absolute atomic E-state index is 0.0517. The third-order valence-electron chi connectivity index (χ3n) is 3.83. The Labute approximate surface area is 164 Å². The van der Waals surface area contributed by atoms with E-state index in [9.17, 15) is 8.78 Å². The van der Waals surface area contributed by atoms with Gasteiger partial charge in [0, 0.05) is 40.4 Å². The Morgan fingerprint density at radius 3 is 2.30 bits per heavy atom. The van der Waals surface area contributed by atoms with E-state index >= 15 is 0 Å². The molecule has 0 saturated heterocycles. The van der Waals surface area contributed by atoms with E-state index in [0.29, 0.717) is 22.5 Å². The fourth-order valence-corrected chi connectivity index (χ4v) is 2.98. The minimum atomic E-state index is -0.833. The van der Waals surface area contributed by atoms with Gasteiger partial charge in [-0.05, 0) is 36.6 Å². The first kappa shape index (κ1) is 19.0. The Morgan fingerprint density at radius 1 is 1.04 bits per heavy atom. The number of aryl methyl sites for hydroxylation is 1. The lowest BCUT2D eigenvalue weighted by Gasteiger charge is -2.15. The van der Waals surface area contributed by atoms with E-state index in [1.807, 2.05) is 0 Å². The van der Waals surface area contributed by atoms with Crippen molar-refractivity contribution in [2.24, 2.45) is 0 Å². The van der Waals surface area contributed by atoms with E-state index in [1.165, 1.54) is 13.3 Å². The molecule has 3 aromatic rings. The molecule has 0 saturated carbocycles. The van der Waals surface area contributed by atoms with Gasteiger partial charge in [0.2, 0.25) is 0 Å². The maximum Gasteiger partial charge on any atom is 0.160 e. The highest BCUT2D eigenvalue weighted by Crippen LogP contribution is 2.41. The van der Waals surface area contributed by atoms with Crippen molar-refractivity contribution >= 4 is 23.2 Å². The van der Waals surface area contributed by atoms with Crippen LogP contribution in [0.4, 0.5) is 8.78 Å². The maximum atomic E-state index is 14.7. The van der Waals surface area contributed by atoms with Gasteiger partial charge in [0.05, 0.1) is 18.4 Å². The molecule has 0 fully saturated rings. The second kappa shape index (κ2) is 7.87. The van der Waals surface area contributed by atoms with Gasteiger partial charge in [-0.15, -0.1) is 5.10 Å².